The summed E-state index contributed by atoms with van der Waals surface area (Å²) in [4.78, 5) is 28.8. The summed E-state index contributed by atoms with van der Waals surface area (Å²) in [6.45, 7) is 3.48. The Morgan fingerprint density at radius 1 is 1.44 bits per heavy atom. The molecule has 5 heteroatoms. The number of carbonyl (C=O) groups is 2. The lowest BCUT2D eigenvalue weighted by Gasteiger charge is -2.17. The molecular formula is C11H11ClN2O2. The number of nitrogens with zero attached hydrogens (tertiary/aromatic N) is 2. The highest BCUT2D eigenvalue weighted by molar-refractivity contribution is 6.35. The maximum Gasteiger partial charge on any atom is 0.241 e. The van der Waals surface area contributed by atoms with Crippen molar-refractivity contribution in [3.05, 3.63) is 23.4 Å². The van der Waals surface area contributed by atoms with Crippen LogP contribution in [0.4, 0.5) is 5.82 Å². The van der Waals surface area contributed by atoms with Crippen molar-refractivity contribution in [3.63, 3.8) is 0 Å². The first-order valence-corrected chi connectivity index (χ1v) is 5.29. The van der Waals surface area contributed by atoms with E-state index in [-0.39, 0.29) is 24.1 Å². The highest BCUT2D eigenvalue weighted by Gasteiger charge is 2.46. The largest absolute Gasteiger partial charge is 0.274 e. The third kappa shape index (κ3) is 1.59. The average molecular weight is 239 g/mol. The number of imide groups is 1. The van der Waals surface area contributed by atoms with Gasteiger partial charge in [0.05, 0.1) is 10.4 Å². The monoisotopic (exact) mass is 238 g/mol. The number of halogens is 1. The first kappa shape index (κ1) is 11.1. The summed E-state index contributed by atoms with van der Waals surface area (Å²) in [5.41, 5.74) is -0.669. The summed E-state index contributed by atoms with van der Waals surface area (Å²) >= 11 is 5.92. The lowest BCUT2D eigenvalue weighted by Crippen LogP contribution is -2.33. The number of anilines is 1. The van der Waals surface area contributed by atoms with Gasteiger partial charge in [-0.3, -0.25) is 9.59 Å². The van der Waals surface area contributed by atoms with Gasteiger partial charge in [0, 0.05) is 12.6 Å². The fourth-order valence-corrected chi connectivity index (χ4v) is 1.91. The van der Waals surface area contributed by atoms with Gasteiger partial charge >= 0.3 is 0 Å². The Labute approximate surface area is 98.2 Å². The lowest BCUT2D eigenvalue weighted by molar-refractivity contribution is -0.124. The molecule has 0 aromatic carbocycles. The first-order valence-electron chi connectivity index (χ1n) is 4.91. The molecule has 1 saturated heterocycles. The third-order valence-corrected chi connectivity index (χ3v) is 2.87. The molecule has 1 aromatic heterocycles. The molecule has 2 heterocycles. The molecule has 2 amide bonds. The maximum absolute atomic E-state index is 12.0. The van der Waals surface area contributed by atoms with Gasteiger partial charge in [-0.15, -0.1) is 0 Å². The van der Waals surface area contributed by atoms with Crippen LogP contribution < -0.4 is 4.90 Å². The Bertz CT molecular complexity index is 471. The molecule has 1 aliphatic rings. The van der Waals surface area contributed by atoms with Gasteiger partial charge in [-0.05, 0) is 12.1 Å². The second kappa shape index (κ2) is 3.56. The Balaban J connectivity index is 2.47. The molecule has 4 nitrogen and oxygen atoms in total. The number of rotatable bonds is 1. The molecular weight excluding hydrogens is 228 g/mol. The van der Waals surface area contributed by atoms with E-state index in [1.807, 2.05) is 0 Å². The zero-order valence-electron chi connectivity index (χ0n) is 9.03. The second-order valence-corrected chi connectivity index (χ2v) is 4.81. The highest BCUT2D eigenvalue weighted by atomic mass is 35.5. The number of amides is 2. The van der Waals surface area contributed by atoms with Crippen LogP contribution in [0.2, 0.25) is 5.02 Å². The minimum atomic E-state index is -0.669. The number of pyridine rings is 1. The number of carbonyl (C=O) groups excluding carboxylic acids is 2. The van der Waals surface area contributed by atoms with Crippen molar-refractivity contribution in [2.45, 2.75) is 20.3 Å². The minimum absolute atomic E-state index is 0.193. The molecule has 0 radical (unpaired) electrons. The number of hydrogen-bond donors (Lipinski definition) is 0. The third-order valence-electron chi connectivity index (χ3n) is 2.58. The van der Waals surface area contributed by atoms with Crippen molar-refractivity contribution in [2.24, 2.45) is 5.41 Å². The smallest absolute Gasteiger partial charge is 0.241 e. The van der Waals surface area contributed by atoms with Crippen LogP contribution >= 0.6 is 11.6 Å². The van der Waals surface area contributed by atoms with Crippen LogP contribution in [0, 0.1) is 5.41 Å². The van der Waals surface area contributed by atoms with E-state index >= 15 is 0 Å². The Kier molecular flexibility index (Phi) is 2.46. The van der Waals surface area contributed by atoms with Crippen molar-refractivity contribution in [1.82, 2.24) is 4.98 Å². The van der Waals surface area contributed by atoms with Gasteiger partial charge in [-0.25, -0.2) is 9.88 Å². The maximum atomic E-state index is 12.0. The quantitative estimate of drug-likeness (QED) is 0.704. The molecule has 0 N–H and O–H groups in total. The van der Waals surface area contributed by atoms with E-state index in [0.29, 0.717) is 5.02 Å². The van der Waals surface area contributed by atoms with Crippen LogP contribution in [0.3, 0.4) is 0 Å². The zero-order chi connectivity index (χ0) is 11.9. The van der Waals surface area contributed by atoms with E-state index in [1.165, 1.54) is 6.20 Å². The predicted molar refractivity (Wildman–Crippen MR) is 60.1 cm³/mol. The van der Waals surface area contributed by atoms with E-state index in [1.54, 1.807) is 26.0 Å². The van der Waals surface area contributed by atoms with Crippen molar-refractivity contribution < 1.29 is 9.59 Å². The molecule has 0 bridgehead atoms. The zero-order valence-corrected chi connectivity index (χ0v) is 9.78. The Hall–Kier alpha value is -1.42. The summed E-state index contributed by atoms with van der Waals surface area (Å²) in [6, 6.07) is 3.26. The minimum Gasteiger partial charge on any atom is -0.274 e. The highest BCUT2D eigenvalue weighted by Crippen LogP contribution is 2.36. The topological polar surface area (TPSA) is 50.3 Å². The fourth-order valence-electron chi connectivity index (χ4n) is 1.70. The SMILES string of the molecule is CC1(C)CC(=O)N(c2ncccc2Cl)C1=O. The van der Waals surface area contributed by atoms with Gasteiger partial charge in [0.25, 0.3) is 0 Å². The van der Waals surface area contributed by atoms with Crippen LogP contribution in [0.15, 0.2) is 18.3 Å². The lowest BCUT2D eigenvalue weighted by atomic mass is 9.92. The molecule has 0 unspecified atom stereocenters. The molecule has 2 rings (SSSR count). The van der Waals surface area contributed by atoms with E-state index in [2.05, 4.69) is 4.98 Å². The van der Waals surface area contributed by atoms with Gasteiger partial charge in [-0.1, -0.05) is 25.4 Å². The Morgan fingerprint density at radius 2 is 2.12 bits per heavy atom. The summed E-state index contributed by atoms with van der Waals surface area (Å²) in [7, 11) is 0. The number of hydrogen-bond acceptors (Lipinski definition) is 3. The number of aromatic nitrogens is 1. The van der Waals surface area contributed by atoms with E-state index in [4.69, 9.17) is 11.6 Å². The standard InChI is InChI=1S/C11H11ClN2O2/c1-11(2)6-8(15)14(10(11)16)9-7(12)4-3-5-13-9/h3-5H,6H2,1-2H3. The van der Waals surface area contributed by atoms with Crippen LogP contribution in [-0.4, -0.2) is 16.8 Å². The second-order valence-electron chi connectivity index (χ2n) is 4.40. The average Bonchev–Trinajstić information content (AvgIpc) is 2.39. The van der Waals surface area contributed by atoms with Gasteiger partial charge < -0.3 is 0 Å². The molecule has 84 valence electrons. The van der Waals surface area contributed by atoms with Gasteiger partial charge in [-0.2, -0.15) is 0 Å². The van der Waals surface area contributed by atoms with Crippen molar-refractivity contribution in [1.29, 1.82) is 0 Å². The molecule has 1 aliphatic heterocycles. The predicted octanol–water partition coefficient (Wildman–Crippen LogP) is 2.02. The molecule has 16 heavy (non-hydrogen) atoms. The van der Waals surface area contributed by atoms with Crippen LogP contribution in [0.5, 0.6) is 0 Å². The molecule has 0 spiro atoms. The van der Waals surface area contributed by atoms with E-state index in [0.717, 1.165) is 4.90 Å². The summed E-state index contributed by atoms with van der Waals surface area (Å²) in [5.74, 6) is -0.279. The van der Waals surface area contributed by atoms with Crippen LogP contribution in [0.1, 0.15) is 20.3 Å². The van der Waals surface area contributed by atoms with Gasteiger partial charge in [0.15, 0.2) is 5.82 Å². The van der Waals surface area contributed by atoms with Crippen molar-refractivity contribution >= 4 is 29.2 Å². The van der Waals surface area contributed by atoms with Gasteiger partial charge in [0.1, 0.15) is 0 Å². The van der Waals surface area contributed by atoms with Crippen LogP contribution in [-0.2, 0) is 9.59 Å². The van der Waals surface area contributed by atoms with E-state index in [9.17, 15) is 9.59 Å². The molecule has 0 saturated carbocycles. The molecule has 1 aromatic rings. The van der Waals surface area contributed by atoms with Gasteiger partial charge in [0.2, 0.25) is 11.8 Å². The summed E-state index contributed by atoms with van der Waals surface area (Å²) < 4.78 is 0. The Morgan fingerprint density at radius 3 is 2.62 bits per heavy atom. The summed E-state index contributed by atoms with van der Waals surface area (Å²) in [5, 5.41) is 0.307. The van der Waals surface area contributed by atoms with Crippen molar-refractivity contribution in [3.8, 4) is 0 Å². The fraction of sp³-hybridized carbons (Fsp3) is 0.364. The normalized spacial score (nSPS) is 19.3. The molecule has 0 atom stereocenters. The van der Waals surface area contributed by atoms with Crippen LogP contribution in [0.25, 0.3) is 0 Å². The molecule has 0 aliphatic carbocycles. The van der Waals surface area contributed by atoms with E-state index < -0.39 is 5.41 Å². The molecule has 1 fully saturated rings. The van der Waals surface area contributed by atoms with Crippen molar-refractivity contribution in [2.75, 3.05) is 4.90 Å². The first-order chi connectivity index (χ1) is 7.43. The summed E-state index contributed by atoms with van der Waals surface area (Å²) in [6.07, 6.45) is 1.70.